The Morgan fingerprint density at radius 2 is 1.18 bits per heavy atom. The number of rotatable bonds is 19. The average molecular weight is 625 g/mol. The van der Waals surface area contributed by atoms with Crippen molar-refractivity contribution in [3.63, 3.8) is 0 Å². The summed E-state index contributed by atoms with van der Waals surface area (Å²) in [6, 6.07) is 14.7. The second kappa shape index (κ2) is 17.5. The summed E-state index contributed by atoms with van der Waals surface area (Å²) in [6.07, 6.45) is -1.37. The quantitative estimate of drug-likeness (QED) is 0.132. The smallest absolute Gasteiger partial charge is 0.305 e. The molecule has 240 valence electrons. The lowest BCUT2D eigenvalue weighted by Crippen LogP contribution is -2.58. The molecule has 0 bridgehead atoms. The van der Waals surface area contributed by atoms with Gasteiger partial charge in [0.1, 0.15) is 5.54 Å². The van der Waals surface area contributed by atoms with E-state index in [2.05, 4.69) is 17.2 Å². The van der Waals surface area contributed by atoms with Gasteiger partial charge in [-0.2, -0.15) is 0 Å². The third-order valence-corrected chi connectivity index (χ3v) is 6.66. The standard InChI is InChI=1S/C32H36N2O11/c35-27(11-12-28(36)34-19-25-7-2-1-5-23(25)9-10-24-6-3-4-8-26(24)34)33-32(20-43-16-13-29(37)38,21-44-17-14-30(39)40)22-45-18-15-31(41)42/h1-8H,11-22H2,(H,33,35)(H,37,38)(H,39,40)(H,41,42). The van der Waals surface area contributed by atoms with Crippen molar-refractivity contribution >= 4 is 35.4 Å². The van der Waals surface area contributed by atoms with Crippen molar-refractivity contribution in [3.8, 4) is 11.8 Å². The molecule has 1 aliphatic heterocycles. The van der Waals surface area contributed by atoms with E-state index in [1.54, 1.807) is 17.0 Å². The zero-order chi connectivity index (χ0) is 32.7. The fourth-order valence-electron chi connectivity index (χ4n) is 4.44. The third kappa shape index (κ3) is 11.7. The van der Waals surface area contributed by atoms with Gasteiger partial charge in [-0.25, -0.2) is 0 Å². The van der Waals surface area contributed by atoms with Gasteiger partial charge < -0.3 is 39.7 Å². The van der Waals surface area contributed by atoms with E-state index in [9.17, 15) is 24.0 Å². The largest absolute Gasteiger partial charge is 0.481 e. The van der Waals surface area contributed by atoms with Crippen LogP contribution in [0, 0.1) is 11.8 Å². The van der Waals surface area contributed by atoms with E-state index in [0.29, 0.717) is 11.3 Å². The van der Waals surface area contributed by atoms with Crippen molar-refractivity contribution in [1.82, 2.24) is 5.32 Å². The molecule has 0 fully saturated rings. The number of hydrogen-bond acceptors (Lipinski definition) is 8. The van der Waals surface area contributed by atoms with Crippen LogP contribution < -0.4 is 10.2 Å². The summed E-state index contributed by atoms with van der Waals surface area (Å²) >= 11 is 0. The molecule has 1 aliphatic rings. The van der Waals surface area contributed by atoms with Crippen molar-refractivity contribution in [3.05, 3.63) is 65.2 Å². The van der Waals surface area contributed by atoms with Gasteiger partial charge in [0.25, 0.3) is 0 Å². The van der Waals surface area contributed by atoms with Crippen LogP contribution in [0.3, 0.4) is 0 Å². The highest BCUT2D eigenvalue weighted by molar-refractivity contribution is 5.97. The maximum Gasteiger partial charge on any atom is 0.305 e. The first kappa shape index (κ1) is 34.7. The molecular formula is C32H36N2O11. The van der Waals surface area contributed by atoms with Gasteiger partial charge in [0.15, 0.2) is 0 Å². The highest BCUT2D eigenvalue weighted by Crippen LogP contribution is 2.26. The second-order valence-corrected chi connectivity index (χ2v) is 10.3. The number of aliphatic carboxylic acids is 3. The maximum atomic E-state index is 13.6. The number of anilines is 1. The summed E-state index contributed by atoms with van der Waals surface area (Å²) in [6.45, 7) is -1.20. The topological polar surface area (TPSA) is 189 Å². The Morgan fingerprint density at radius 1 is 0.689 bits per heavy atom. The van der Waals surface area contributed by atoms with Crippen molar-refractivity contribution in [2.24, 2.45) is 0 Å². The number of carboxylic acid groups (broad SMARTS) is 3. The Hall–Kier alpha value is -4.77. The van der Waals surface area contributed by atoms with Crippen molar-refractivity contribution in [1.29, 1.82) is 0 Å². The van der Waals surface area contributed by atoms with Crippen LogP contribution in [0.5, 0.6) is 0 Å². The highest BCUT2D eigenvalue weighted by Gasteiger charge is 2.34. The van der Waals surface area contributed by atoms with Crippen LogP contribution in [-0.2, 0) is 44.7 Å². The Bertz CT molecular complexity index is 1370. The minimum Gasteiger partial charge on any atom is -0.481 e. The van der Waals surface area contributed by atoms with E-state index in [1.807, 2.05) is 36.4 Å². The summed E-state index contributed by atoms with van der Waals surface area (Å²) in [5.41, 5.74) is 1.49. The van der Waals surface area contributed by atoms with Gasteiger partial charge in [0.05, 0.1) is 71.1 Å². The number of carboxylic acids is 3. The molecule has 0 saturated heterocycles. The predicted molar refractivity (Wildman–Crippen MR) is 159 cm³/mol. The summed E-state index contributed by atoms with van der Waals surface area (Å²) in [5.74, 6) is 2.08. The third-order valence-electron chi connectivity index (χ3n) is 6.66. The molecule has 2 amide bonds. The van der Waals surface area contributed by atoms with Crippen LogP contribution >= 0.6 is 0 Å². The Morgan fingerprint density at radius 3 is 1.73 bits per heavy atom. The molecule has 13 nitrogen and oxygen atoms in total. The SMILES string of the molecule is O=C(O)CCOCC(COCCC(=O)O)(COCCC(=O)O)NC(=O)CCC(=O)N1Cc2ccccc2C#Cc2ccccc21. The van der Waals surface area contributed by atoms with E-state index in [4.69, 9.17) is 29.5 Å². The Labute approximate surface area is 260 Å². The molecule has 13 heteroatoms. The summed E-state index contributed by atoms with van der Waals surface area (Å²) in [4.78, 5) is 61.3. The molecule has 0 aliphatic carbocycles. The molecule has 45 heavy (non-hydrogen) atoms. The normalized spacial score (nSPS) is 12.0. The first-order valence-electron chi connectivity index (χ1n) is 14.3. The number of ether oxygens (including phenoxy) is 3. The van der Waals surface area contributed by atoms with Crippen molar-refractivity contribution in [2.75, 3.05) is 44.5 Å². The number of carbonyl (C=O) groups is 5. The van der Waals surface area contributed by atoms with Gasteiger partial charge in [-0.3, -0.25) is 24.0 Å². The van der Waals surface area contributed by atoms with Crippen LogP contribution in [0.4, 0.5) is 5.69 Å². The monoisotopic (exact) mass is 624 g/mol. The highest BCUT2D eigenvalue weighted by atomic mass is 16.5. The summed E-state index contributed by atoms with van der Waals surface area (Å²) in [5, 5.41) is 29.7. The summed E-state index contributed by atoms with van der Waals surface area (Å²) in [7, 11) is 0. The van der Waals surface area contributed by atoms with Crippen LogP contribution in [0.15, 0.2) is 48.5 Å². The van der Waals surface area contributed by atoms with Gasteiger partial charge in [-0.05, 0) is 23.8 Å². The number of nitrogens with zero attached hydrogens (tertiary/aromatic N) is 1. The number of benzene rings is 2. The lowest BCUT2D eigenvalue weighted by molar-refractivity contribution is -0.140. The lowest BCUT2D eigenvalue weighted by atomic mass is 10.0. The predicted octanol–water partition coefficient (Wildman–Crippen LogP) is 2.04. The van der Waals surface area contributed by atoms with Crippen molar-refractivity contribution < 1.29 is 53.5 Å². The molecule has 3 rings (SSSR count). The lowest BCUT2D eigenvalue weighted by Gasteiger charge is -2.34. The minimum atomic E-state index is -1.43. The molecular weight excluding hydrogens is 588 g/mol. The fourth-order valence-corrected chi connectivity index (χ4v) is 4.44. The van der Waals surface area contributed by atoms with Gasteiger partial charge in [0.2, 0.25) is 11.8 Å². The first-order chi connectivity index (χ1) is 21.6. The molecule has 4 N–H and O–H groups in total. The van der Waals surface area contributed by atoms with Gasteiger partial charge >= 0.3 is 17.9 Å². The van der Waals surface area contributed by atoms with Gasteiger partial charge in [-0.1, -0.05) is 42.2 Å². The van der Waals surface area contributed by atoms with Crippen LogP contribution in [0.2, 0.25) is 0 Å². The van der Waals surface area contributed by atoms with Crippen LogP contribution in [-0.4, -0.2) is 90.2 Å². The second-order valence-electron chi connectivity index (χ2n) is 10.3. The molecule has 1 heterocycles. The summed E-state index contributed by atoms with van der Waals surface area (Å²) < 4.78 is 16.5. The van der Waals surface area contributed by atoms with E-state index < -0.39 is 29.4 Å². The molecule has 0 atom stereocenters. The molecule has 2 aromatic carbocycles. The molecule has 0 unspecified atom stereocenters. The van der Waals surface area contributed by atoms with Gasteiger partial charge in [0, 0.05) is 24.0 Å². The van der Waals surface area contributed by atoms with Crippen LogP contribution in [0.1, 0.15) is 48.8 Å². The first-order valence-corrected chi connectivity index (χ1v) is 14.3. The van der Waals surface area contributed by atoms with Crippen molar-refractivity contribution in [2.45, 2.75) is 44.2 Å². The number of para-hydroxylation sites is 1. The molecule has 0 spiro atoms. The van der Waals surface area contributed by atoms with E-state index in [0.717, 1.165) is 11.1 Å². The average Bonchev–Trinajstić information content (AvgIpc) is 2.99. The molecule has 0 saturated carbocycles. The van der Waals surface area contributed by atoms with Crippen LogP contribution in [0.25, 0.3) is 0 Å². The zero-order valence-corrected chi connectivity index (χ0v) is 24.7. The number of nitrogens with one attached hydrogen (secondary N) is 1. The number of carbonyl (C=O) groups excluding carboxylic acids is 2. The van der Waals surface area contributed by atoms with E-state index in [-0.39, 0.29) is 84.2 Å². The fraction of sp³-hybridized carbons (Fsp3) is 0.406. The molecule has 2 aromatic rings. The maximum absolute atomic E-state index is 13.6. The Balaban J connectivity index is 1.75. The minimum absolute atomic E-state index is 0.175. The number of fused-ring (bicyclic) bond motifs is 2. The van der Waals surface area contributed by atoms with E-state index >= 15 is 0 Å². The Kier molecular flexibility index (Phi) is 13.5. The zero-order valence-electron chi connectivity index (χ0n) is 24.7. The van der Waals surface area contributed by atoms with Gasteiger partial charge in [-0.15, -0.1) is 0 Å². The molecule has 0 aromatic heterocycles. The van der Waals surface area contributed by atoms with E-state index in [1.165, 1.54) is 0 Å². The number of hydrogen-bond donors (Lipinski definition) is 4. The molecule has 0 radical (unpaired) electrons. The number of amides is 2.